The van der Waals surface area contributed by atoms with E-state index in [0.29, 0.717) is 12.2 Å². The molecule has 2 aromatic carbocycles. The van der Waals surface area contributed by atoms with E-state index in [9.17, 15) is 9.59 Å². The molecule has 25 heavy (non-hydrogen) atoms. The van der Waals surface area contributed by atoms with Crippen molar-refractivity contribution in [1.82, 2.24) is 15.1 Å². The number of hydrogen-bond acceptors (Lipinski definition) is 3. The minimum Gasteiger partial charge on any atom is -0.328 e. The van der Waals surface area contributed by atoms with Crippen LogP contribution in [0.4, 0.5) is 5.69 Å². The molecule has 6 heteroatoms. The van der Waals surface area contributed by atoms with Gasteiger partial charge in [0.1, 0.15) is 0 Å². The molecule has 0 saturated heterocycles. The molecular formula is C19H20N4O2. The third-order valence-electron chi connectivity index (χ3n) is 3.97. The third-order valence-corrected chi connectivity index (χ3v) is 3.97. The summed E-state index contributed by atoms with van der Waals surface area (Å²) in [6.07, 6.45) is 1.70. The van der Waals surface area contributed by atoms with Crippen molar-refractivity contribution < 1.29 is 9.59 Å². The molecule has 0 aliphatic rings. The smallest absolute Gasteiger partial charge is 0.313 e. The van der Waals surface area contributed by atoms with Crippen LogP contribution in [0.2, 0.25) is 0 Å². The molecule has 0 unspecified atom stereocenters. The van der Waals surface area contributed by atoms with Crippen LogP contribution in [-0.2, 0) is 16.1 Å². The quantitative estimate of drug-likeness (QED) is 0.719. The van der Waals surface area contributed by atoms with Crippen molar-refractivity contribution in [3.8, 4) is 0 Å². The Morgan fingerprint density at radius 1 is 1.16 bits per heavy atom. The number of aromatic nitrogens is 2. The number of anilines is 1. The van der Waals surface area contributed by atoms with E-state index < -0.39 is 11.8 Å². The Hall–Kier alpha value is -3.15. The predicted molar refractivity (Wildman–Crippen MR) is 96.9 cm³/mol. The van der Waals surface area contributed by atoms with Gasteiger partial charge >= 0.3 is 11.8 Å². The van der Waals surface area contributed by atoms with Crippen LogP contribution in [0.5, 0.6) is 0 Å². The standard InChI is InChI=1S/C19H20N4O2/c1-13(2)23(12-14-6-4-3-5-7-14)19(25)18(24)21-16-9-8-15-11-20-22-17(15)10-16/h3-11,13H,12H2,1-2H3,(H,20,22)(H,21,24). The second-order valence-electron chi connectivity index (χ2n) is 6.14. The summed E-state index contributed by atoms with van der Waals surface area (Å²) in [6, 6.07) is 14.9. The normalized spacial score (nSPS) is 10.8. The van der Waals surface area contributed by atoms with Gasteiger partial charge in [0.15, 0.2) is 0 Å². The van der Waals surface area contributed by atoms with E-state index in [1.807, 2.05) is 50.2 Å². The number of fused-ring (bicyclic) bond motifs is 1. The highest BCUT2D eigenvalue weighted by Gasteiger charge is 2.24. The van der Waals surface area contributed by atoms with Crippen molar-refractivity contribution in [2.45, 2.75) is 26.4 Å². The summed E-state index contributed by atoms with van der Waals surface area (Å²) in [6.45, 7) is 4.18. The average Bonchev–Trinajstić information content (AvgIpc) is 3.07. The van der Waals surface area contributed by atoms with Gasteiger partial charge in [-0.1, -0.05) is 30.3 Å². The van der Waals surface area contributed by atoms with Crippen LogP contribution in [0.3, 0.4) is 0 Å². The van der Waals surface area contributed by atoms with E-state index >= 15 is 0 Å². The number of carbonyl (C=O) groups is 2. The minimum atomic E-state index is -0.650. The highest BCUT2D eigenvalue weighted by Crippen LogP contribution is 2.17. The second kappa shape index (κ2) is 7.17. The van der Waals surface area contributed by atoms with Crippen LogP contribution in [0.25, 0.3) is 10.9 Å². The number of aromatic amines is 1. The summed E-state index contributed by atoms with van der Waals surface area (Å²) < 4.78 is 0. The van der Waals surface area contributed by atoms with E-state index in [1.165, 1.54) is 0 Å². The number of H-pyrrole nitrogens is 1. The van der Waals surface area contributed by atoms with Gasteiger partial charge in [-0.2, -0.15) is 5.10 Å². The lowest BCUT2D eigenvalue weighted by atomic mass is 10.2. The fourth-order valence-electron chi connectivity index (χ4n) is 2.60. The Bertz CT molecular complexity index is 887. The van der Waals surface area contributed by atoms with Crippen LogP contribution >= 0.6 is 0 Å². The molecule has 3 rings (SSSR count). The number of rotatable bonds is 4. The van der Waals surface area contributed by atoms with Crippen molar-refractivity contribution in [3.05, 3.63) is 60.3 Å². The van der Waals surface area contributed by atoms with Gasteiger partial charge in [0, 0.05) is 23.7 Å². The number of hydrogen-bond donors (Lipinski definition) is 2. The lowest BCUT2D eigenvalue weighted by molar-refractivity contribution is -0.144. The number of nitrogens with zero attached hydrogens (tertiary/aromatic N) is 2. The number of carbonyl (C=O) groups excluding carboxylic acids is 2. The first-order valence-electron chi connectivity index (χ1n) is 8.13. The SMILES string of the molecule is CC(C)N(Cc1ccccc1)C(=O)C(=O)Nc1ccc2cn[nH]c2c1. The maximum atomic E-state index is 12.6. The van der Waals surface area contributed by atoms with Gasteiger partial charge in [0.2, 0.25) is 0 Å². The molecule has 0 aliphatic carbocycles. The average molecular weight is 336 g/mol. The Kier molecular flexibility index (Phi) is 4.79. The van der Waals surface area contributed by atoms with Gasteiger partial charge in [-0.3, -0.25) is 14.7 Å². The van der Waals surface area contributed by atoms with Gasteiger partial charge in [0.05, 0.1) is 11.7 Å². The van der Waals surface area contributed by atoms with E-state index in [-0.39, 0.29) is 6.04 Å². The van der Waals surface area contributed by atoms with E-state index in [4.69, 9.17) is 0 Å². The molecule has 0 atom stereocenters. The molecule has 6 nitrogen and oxygen atoms in total. The van der Waals surface area contributed by atoms with Crippen LogP contribution in [0.15, 0.2) is 54.7 Å². The van der Waals surface area contributed by atoms with E-state index in [0.717, 1.165) is 16.5 Å². The van der Waals surface area contributed by atoms with Gasteiger partial charge in [-0.15, -0.1) is 0 Å². The lowest BCUT2D eigenvalue weighted by Crippen LogP contribution is -2.43. The van der Waals surface area contributed by atoms with Crippen LogP contribution in [-0.4, -0.2) is 33.0 Å². The second-order valence-corrected chi connectivity index (χ2v) is 6.14. The summed E-state index contributed by atoms with van der Waals surface area (Å²) in [5.74, 6) is -1.20. The summed E-state index contributed by atoms with van der Waals surface area (Å²) in [5, 5.41) is 10.4. The fourth-order valence-corrected chi connectivity index (χ4v) is 2.60. The molecule has 0 bridgehead atoms. The van der Waals surface area contributed by atoms with Crippen LogP contribution in [0.1, 0.15) is 19.4 Å². The fraction of sp³-hybridized carbons (Fsp3) is 0.211. The first kappa shape index (κ1) is 16.7. The first-order chi connectivity index (χ1) is 12.0. The Morgan fingerprint density at radius 2 is 1.92 bits per heavy atom. The number of benzene rings is 2. The largest absolute Gasteiger partial charge is 0.328 e. The highest BCUT2D eigenvalue weighted by molar-refractivity contribution is 6.39. The summed E-state index contributed by atoms with van der Waals surface area (Å²) in [7, 11) is 0. The molecule has 1 aromatic heterocycles. The molecule has 128 valence electrons. The lowest BCUT2D eigenvalue weighted by Gasteiger charge is -2.26. The predicted octanol–water partition coefficient (Wildman–Crippen LogP) is 2.94. The van der Waals surface area contributed by atoms with E-state index in [2.05, 4.69) is 15.5 Å². The molecule has 3 aromatic rings. The van der Waals surface area contributed by atoms with Gasteiger partial charge in [0.25, 0.3) is 0 Å². The maximum absolute atomic E-state index is 12.6. The van der Waals surface area contributed by atoms with E-state index in [1.54, 1.807) is 23.2 Å². The van der Waals surface area contributed by atoms with Crippen molar-refractivity contribution in [3.63, 3.8) is 0 Å². The summed E-state index contributed by atoms with van der Waals surface area (Å²) in [4.78, 5) is 26.6. The number of nitrogens with one attached hydrogen (secondary N) is 2. The molecule has 2 amide bonds. The van der Waals surface area contributed by atoms with Gasteiger partial charge in [-0.25, -0.2) is 0 Å². The van der Waals surface area contributed by atoms with Crippen molar-refractivity contribution in [2.24, 2.45) is 0 Å². The zero-order valence-corrected chi connectivity index (χ0v) is 14.2. The summed E-state index contributed by atoms with van der Waals surface area (Å²) in [5.41, 5.74) is 2.34. The molecule has 0 radical (unpaired) electrons. The molecule has 0 saturated carbocycles. The maximum Gasteiger partial charge on any atom is 0.313 e. The molecule has 0 aliphatic heterocycles. The zero-order valence-electron chi connectivity index (χ0n) is 14.2. The first-order valence-corrected chi connectivity index (χ1v) is 8.13. The monoisotopic (exact) mass is 336 g/mol. The van der Waals surface area contributed by atoms with Gasteiger partial charge < -0.3 is 10.2 Å². The molecule has 2 N–H and O–H groups in total. The summed E-state index contributed by atoms with van der Waals surface area (Å²) >= 11 is 0. The van der Waals surface area contributed by atoms with Crippen molar-refractivity contribution >= 4 is 28.4 Å². The van der Waals surface area contributed by atoms with Crippen molar-refractivity contribution in [1.29, 1.82) is 0 Å². The molecule has 0 spiro atoms. The molecule has 1 heterocycles. The molecular weight excluding hydrogens is 316 g/mol. The Labute approximate surface area is 145 Å². The topological polar surface area (TPSA) is 78.1 Å². The zero-order chi connectivity index (χ0) is 17.8. The Balaban J connectivity index is 1.73. The van der Waals surface area contributed by atoms with Crippen LogP contribution in [0, 0.1) is 0 Å². The van der Waals surface area contributed by atoms with Crippen LogP contribution < -0.4 is 5.32 Å². The van der Waals surface area contributed by atoms with Crippen molar-refractivity contribution in [2.75, 3.05) is 5.32 Å². The third kappa shape index (κ3) is 3.85. The number of amides is 2. The van der Waals surface area contributed by atoms with Gasteiger partial charge in [-0.05, 0) is 37.6 Å². The molecule has 0 fully saturated rings. The Morgan fingerprint density at radius 3 is 2.64 bits per heavy atom. The highest BCUT2D eigenvalue weighted by atomic mass is 16.2. The minimum absolute atomic E-state index is 0.0893.